The standard InChI is InChI=1S/C19H20F3NO2.C10H12ClNO2.ClH/c1-14(12-15-6-5-9-17(13-15)19(20,21)22)23-10-11-25-18(24)16-7-3-2-4-8-16;1-7(2)14-10(13)12-9-5-3-4-8(11)6-9;/h2-9,13-14,23H,10-12H2,1H3;3-7H,1-2H3,(H,12,13);1H. The Balaban J connectivity index is 0.000000454. The topological polar surface area (TPSA) is 76.7 Å². The monoisotopic (exact) mass is 600 g/mol. The largest absolute Gasteiger partial charge is 0.461 e. The van der Waals surface area contributed by atoms with Crippen molar-refractivity contribution in [1.82, 2.24) is 5.32 Å². The molecule has 6 nitrogen and oxygen atoms in total. The highest BCUT2D eigenvalue weighted by atomic mass is 35.5. The van der Waals surface area contributed by atoms with E-state index >= 15 is 0 Å². The minimum Gasteiger partial charge on any atom is -0.461 e. The average Bonchev–Trinajstić information content (AvgIpc) is 2.86. The van der Waals surface area contributed by atoms with Gasteiger partial charge in [0.25, 0.3) is 0 Å². The fourth-order valence-electron chi connectivity index (χ4n) is 3.33. The Morgan fingerprint density at radius 2 is 1.60 bits per heavy atom. The van der Waals surface area contributed by atoms with Crippen LogP contribution in [0.1, 0.15) is 42.3 Å². The zero-order chi connectivity index (χ0) is 28.8. The number of amides is 1. The first-order valence-electron chi connectivity index (χ1n) is 12.3. The fraction of sp³-hybridized carbons (Fsp3) is 0.310. The summed E-state index contributed by atoms with van der Waals surface area (Å²) in [6, 6.07) is 20.8. The third-order valence-electron chi connectivity index (χ3n) is 5.05. The Morgan fingerprint density at radius 1 is 0.925 bits per heavy atom. The maximum atomic E-state index is 12.7. The first kappa shape index (κ1) is 34.8. The van der Waals surface area contributed by atoms with Gasteiger partial charge in [0, 0.05) is 23.3 Å². The maximum Gasteiger partial charge on any atom is 0.416 e. The summed E-state index contributed by atoms with van der Waals surface area (Å²) in [7, 11) is 0. The summed E-state index contributed by atoms with van der Waals surface area (Å²) in [4.78, 5) is 22.9. The molecule has 0 aliphatic carbocycles. The number of rotatable bonds is 9. The molecule has 2 N–H and O–H groups in total. The lowest BCUT2D eigenvalue weighted by atomic mass is 10.0. The number of hydrogen-bond acceptors (Lipinski definition) is 5. The predicted octanol–water partition coefficient (Wildman–Crippen LogP) is 7.80. The van der Waals surface area contributed by atoms with E-state index < -0.39 is 23.8 Å². The fourth-order valence-corrected chi connectivity index (χ4v) is 3.52. The molecule has 0 saturated heterocycles. The molecular weight excluding hydrogens is 568 g/mol. The van der Waals surface area contributed by atoms with Crippen molar-refractivity contribution in [2.45, 2.75) is 45.5 Å². The summed E-state index contributed by atoms with van der Waals surface area (Å²) in [5.74, 6) is -0.395. The number of anilines is 1. The van der Waals surface area contributed by atoms with Gasteiger partial charge in [-0.3, -0.25) is 5.32 Å². The van der Waals surface area contributed by atoms with Crippen LogP contribution in [0, 0.1) is 0 Å². The molecule has 1 amide bonds. The number of ether oxygens (including phenoxy) is 2. The number of alkyl halides is 3. The van der Waals surface area contributed by atoms with Gasteiger partial charge in [0.1, 0.15) is 6.61 Å². The van der Waals surface area contributed by atoms with Gasteiger partial charge in [0.05, 0.1) is 17.2 Å². The molecule has 11 heteroatoms. The van der Waals surface area contributed by atoms with Crippen LogP contribution in [0.3, 0.4) is 0 Å². The van der Waals surface area contributed by atoms with Crippen LogP contribution >= 0.6 is 24.0 Å². The van der Waals surface area contributed by atoms with Crippen LogP contribution in [0.4, 0.5) is 23.7 Å². The lowest BCUT2D eigenvalue weighted by Crippen LogP contribution is -2.31. The molecule has 0 bridgehead atoms. The Bertz CT molecular complexity index is 1200. The molecule has 1 unspecified atom stereocenters. The Kier molecular flexibility index (Phi) is 15.1. The van der Waals surface area contributed by atoms with Crippen LogP contribution in [0.2, 0.25) is 5.02 Å². The molecule has 3 aromatic rings. The van der Waals surface area contributed by atoms with Gasteiger partial charge in [-0.15, -0.1) is 12.4 Å². The second-order valence-corrected chi connectivity index (χ2v) is 9.29. The maximum absolute atomic E-state index is 12.7. The Morgan fingerprint density at radius 3 is 2.23 bits per heavy atom. The van der Waals surface area contributed by atoms with Crippen molar-refractivity contribution in [2.24, 2.45) is 0 Å². The van der Waals surface area contributed by atoms with E-state index in [2.05, 4.69) is 10.6 Å². The smallest absolute Gasteiger partial charge is 0.416 e. The van der Waals surface area contributed by atoms with Gasteiger partial charge >= 0.3 is 18.2 Å². The highest BCUT2D eigenvalue weighted by Crippen LogP contribution is 2.29. The van der Waals surface area contributed by atoms with Gasteiger partial charge in [-0.2, -0.15) is 13.2 Å². The first-order valence-corrected chi connectivity index (χ1v) is 12.7. The molecule has 40 heavy (non-hydrogen) atoms. The third kappa shape index (κ3) is 13.7. The molecule has 0 radical (unpaired) electrons. The summed E-state index contributed by atoms with van der Waals surface area (Å²) in [6.07, 6.45) is -4.48. The number of esters is 1. The molecule has 0 aliphatic heterocycles. The van der Waals surface area contributed by atoms with E-state index in [9.17, 15) is 22.8 Å². The highest BCUT2D eigenvalue weighted by molar-refractivity contribution is 6.30. The molecule has 0 aromatic heterocycles. The third-order valence-corrected chi connectivity index (χ3v) is 5.28. The van der Waals surface area contributed by atoms with Crippen LogP contribution in [0.15, 0.2) is 78.9 Å². The number of hydrogen-bond donors (Lipinski definition) is 2. The summed E-state index contributed by atoms with van der Waals surface area (Å²) < 4.78 is 48.2. The molecule has 0 aliphatic rings. The van der Waals surface area contributed by atoms with Crippen molar-refractivity contribution in [3.63, 3.8) is 0 Å². The van der Waals surface area contributed by atoms with Crippen LogP contribution < -0.4 is 10.6 Å². The summed E-state index contributed by atoms with van der Waals surface area (Å²) in [6.45, 7) is 6.08. The number of halogens is 5. The van der Waals surface area contributed by atoms with Crippen molar-refractivity contribution in [1.29, 1.82) is 0 Å². The Labute approximate surface area is 243 Å². The van der Waals surface area contributed by atoms with Crippen molar-refractivity contribution in [3.8, 4) is 0 Å². The molecule has 3 rings (SSSR count). The van der Waals surface area contributed by atoms with Crippen molar-refractivity contribution >= 4 is 41.8 Å². The van der Waals surface area contributed by atoms with E-state index in [4.69, 9.17) is 21.1 Å². The van der Waals surface area contributed by atoms with E-state index in [-0.39, 0.29) is 31.2 Å². The molecular formula is C29H33Cl2F3N2O4. The quantitative estimate of drug-likeness (QED) is 0.193. The average molecular weight is 601 g/mol. The van der Waals surface area contributed by atoms with E-state index in [0.29, 0.717) is 34.8 Å². The van der Waals surface area contributed by atoms with Crippen molar-refractivity contribution in [3.05, 3.63) is 101 Å². The van der Waals surface area contributed by atoms with Crippen LogP contribution in [-0.2, 0) is 22.1 Å². The van der Waals surface area contributed by atoms with Gasteiger partial charge in [-0.25, -0.2) is 9.59 Å². The second-order valence-electron chi connectivity index (χ2n) is 8.85. The number of carbonyl (C=O) groups is 2. The van der Waals surface area contributed by atoms with Crippen LogP contribution in [-0.4, -0.2) is 37.4 Å². The number of benzene rings is 3. The van der Waals surface area contributed by atoms with Gasteiger partial charge in [-0.05, 0) is 69.2 Å². The molecule has 0 heterocycles. The molecule has 0 saturated carbocycles. The first-order chi connectivity index (χ1) is 18.4. The normalized spacial score (nSPS) is 11.4. The van der Waals surface area contributed by atoms with Crippen LogP contribution in [0.25, 0.3) is 0 Å². The zero-order valence-electron chi connectivity index (χ0n) is 22.3. The zero-order valence-corrected chi connectivity index (χ0v) is 23.9. The SMILES string of the molecule is CC(C)OC(=O)Nc1cccc(Cl)c1.CC(Cc1cccc(C(F)(F)F)c1)NCCOC(=O)c1ccccc1.Cl. The minimum atomic E-state index is -4.34. The van der Waals surface area contributed by atoms with E-state index in [1.54, 1.807) is 68.4 Å². The van der Waals surface area contributed by atoms with Crippen molar-refractivity contribution < 1.29 is 32.2 Å². The number of carbonyl (C=O) groups excluding carboxylic acids is 2. The van der Waals surface area contributed by atoms with Gasteiger partial charge in [0.15, 0.2) is 0 Å². The summed E-state index contributed by atoms with van der Waals surface area (Å²) >= 11 is 5.74. The van der Waals surface area contributed by atoms with Gasteiger partial charge in [-0.1, -0.05) is 54.1 Å². The van der Waals surface area contributed by atoms with E-state index in [1.807, 2.05) is 13.0 Å². The molecule has 0 spiro atoms. The lowest BCUT2D eigenvalue weighted by Gasteiger charge is -2.15. The second kappa shape index (κ2) is 17.4. The minimum absolute atomic E-state index is 0. The van der Waals surface area contributed by atoms with E-state index in [1.165, 1.54) is 6.07 Å². The van der Waals surface area contributed by atoms with E-state index in [0.717, 1.165) is 12.1 Å². The summed E-state index contributed by atoms with van der Waals surface area (Å²) in [5.41, 5.74) is 1.08. The highest BCUT2D eigenvalue weighted by Gasteiger charge is 2.30. The lowest BCUT2D eigenvalue weighted by molar-refractivity contribution is -0.137. The van der Waals surface area contributed by atoms with Gasteiger partial charge in [0.2, 0.25) is 0 Å². The molecule has 0 fully saturated rings. The molecule has 218 valence electrons. The Hall–Kier alpha value is -3.27. The van der Waals surface area contributed by atoms with Crippen LogP contribution in [0.5, 0.6) is 0 Å². The molecule has 1 atom stereocenters. The van der Waals surface area contributed by atoms with Gasteiger partial charge < -0.3 is 14.8 Å². The predicted molar refractivity (Wildman–Crippen MR) is 153 cm³/mol. The number of nitrogens with one attached hydrogen (secondary N) is 2. The van der Waals surface area contributed by atoms with Crippen molar-refractivity contribution in [2.75, 3.05) is 18.5 Å². The molecule has 3 aromatic carbocycles. The summed E-state index contributed by atoms with van der Waals surface area (Å²) in [5, 5.41) is 6.28.